The minimum Gasteiger partial charge on any atom is -0.497 e. The average Bonchev–Trinajstić information content (AvgIpc) is 2.56. The summed E-state index contributed by atoms with van der Waals surface area (Å²) in [5.74, 6) is 2.00. The van der Waals surface area contributed by atoms with Crippen LogP contribution >= 0.6 is 24.0 Å². The lowest BCUT2D eigenvalue weighted by molar-refractivity contribution is 0.182. The van der Waals surface area contributed by atoms with Crippen LogP contribution in [0.2, 0.25) is 0 Å². The number of nitrogens with one attached hydrogen (secondary N) is 2. The van der Waals surface area contributed by atoms with Crippen molar-refractivity contribution in [3.8, 4) is 11.5 Å². The Hall–Kier alpha value is -1.22. The van der Waals surface area contributed by atoms with Gasteiger partial charge < -0.3 is 25.2 Å². The molecule has 0 radical (unpaired) electrons. The Morgan fingerprint density at radius 2 is 1.96 bits per heavy atom. The van der Waals surface area contributed by atoms with Gasteiger partial charge in [0.2, 0.25) is 0 Å². The largest absolute Gasteiger partial charge is 0.497 e. The molecular formula is C16H28IN3O3. The van der Waals surface area contributed by atoms with E-state index < -0.39 is 6.10 Å². The van der Waals surface area contributed by atoms with Crippen molar-refractivity contribution >= 4 is 29.9 Å². The zero-order valence-corrected chi connectivity index (χ0v) is 16.6. The Morgan fingerprint density at radius 3 is 2.52 bits per heavy atom. The van der Waals surface area contributed by atoms with Crippen LogP contribution in [0.5, 0.6) is 11.5 Å². The lowest BCUT2D eigenvalue weighted by Gasteiger charge is -2.16. The molecule has 0 fully saturated rings. The number of benzene rings is 1. The Morgan fingerprint density at radius 1 is 1.22 bits per heavy atom. The summed E-state index contributed by atoms with van der Waals surface area (Å²) in [5, 5.41) is 16.7. The predicted molar refractivity (Wildman–Crippen MR) is 104 cm³/mol. The van der Waals surface area contributed by atoms with Gasteiger partial charge in [0.25, 0.3) is 0 Å². The number of hydrogen-bond donors (Lipinski definition) is 3. The first-order chi connectivity index (χ1) is 10.7. The third-order valence-corrected chi connectivity index (χ3v) is 3.10. The van der Waals surface area contributed by atoms with Crippen molar-refractivity contribution < 1.29 is 14.6 Å². The van der Waals surface area contributed by atoms with Crippen LogP contribution in [-0.4, -0.2) is 44.9 Å². The van der Waals surface area contributed by atoms with Crippen LogP contribution in [0.3, 0.4) is 0 Å². The van der Waals surface area contributed by atoms with Gasteiger partial charge in [0.05, 0.1) is 20.8 Å². The Balaban J connectivity index is 0.00000484. The molecule has 0 aliphatic carbocycles. The fraction of sp³-hybridized carbons (Fsp3) is 0.562. The van der Waals surface area contributed by atoms with Crippen molar-refractivity contribution in [3.05, 3.63) is 23.8 Å². The maximum Gasteiger partial charge on any atom is 0.191 e. The normalized spacial score (nSPS) is 12.1. The van der Waals surface area contributed by atoms with Gasteiger partial charge in [-0.15, -0.1) is 24.0 Å². The molecule has 0 amide bonds. The molecule has 6 nitrogen and oxygen atoms in total. The molecule has 0 aliphatic rings. The number of hydrogen-bond acceptors (Lipinski definition) is 4. The maximum atomic E-state index is 10.4. The quantitative estimate of drug-likeness (QED) is 0.331. The van der Waals surface area contributed by atoms with Crippen molar-refractivity contribution in [2.75, 3.05) is 33.9 Å². The molecule has 1 unspecified atom stereocenters. The molecule has 0 aromatic heterocycles. The molecule has 0 spiro atoms. The minimum atomic E-state index is -0.762. The fourth-order valence-electron chi connectivity index (χ4n) is 1.96. The van der Waals surface area contributed by atoms with Gasteiger partial charge in [-0.2, -0.15) is 0 Å². The van der Waals surface area contributed by atoms with E-state index in [1.807, 2.05) is 6.92 Å². The summed E-state index contributed by atoms with van der Waals surface area (Å²) < 4.78 is 10.5. The van der Waals surface area contributed by atoms with E-state index in [9.17, 15) is 5.11 Å². The van der Waals surface area contributed by atoms with Crippen LogP contribution in [0.1, 0.15) is 31.9 Å². The zero-order valence-electron chi connectivity index (χ0n) is 14.3. The van der Waals surface area contributed by atoms with Crippen molar-refractivity contribution in [2.24, 2.45) is 4.99 Å². The summed E-state index contributed by atoms with van der Waals surface area (Å²) in [6.45, 7) is 5.94. The van der Waals surface area contributed by atoms with Crippen molar-refractivity contribution in [2.45, 2.75) is 26.4 Å². The number of rotatable bonds is 8. The van der Waals surface area contributed by atoms with Crippen molar-refractivity contribution in [1.82, 2.24) is 10.6 Å². The van der Waals surface area contributed by atoms with E-state index in [1.165, 1.54) is 0 Å². The molecule has 1 rings (SSSR count). The Bertz CT molecular complexity index is 484. The second-order valence-corrected chi connectivity index (χ2v) is 4.77. The smallest absolute Gasteiger partial charge is 0.191 e. The number of aliphatic imine (C=N–C) groups is 1. The highest BCUT2D eigenvalue weighted by atomic mass is 127. The second-order valence-electron chi connectivity index (χ2n) is 4.77. The lowest BCUT2D eigenvalue weighted by Crippen LogP contribution is -2.38. The highest BCUT2D eigenvalue weighted by Gasteiger charge is 2.14. The molecule has 0 saturated carbocycles. The Labute approximate surface area is 155 Å². The number of ether oxygens (including phenoxy) is 2. The van der Waals surface area contributed by atoms with Gasteiger partial charge in [-0.25, -0.2) is 0 Å². The molecule has 3 N–H and O–H groups in total. The number of halogens is 1. The van der Waals surface area contributed by atoms with Crippen molar-refractivity contribution in [1.29, 1.82) is 0 Å². The molecule has 0 aliphatic heterocycles. The molecule has 1 atom stereocenters. The molecular weight excluding hydrogens is 409 g/mol. The summed E-state index contributed by atoms with van der Waals surface area (Å²) in [7, 11) is 3.17. The van der Waals surface area contributed by atoms with E-state index in [2.05, 4.69) is 22.5 Å². The van der Waals surface area contributed by atoms with Crippen molar-refractivity contribution in [3.63, 3.8) is 0 Å². The SMILES string of the molecule is CCCNC(=NCC(O)c1cc(OC)ccc1OC)NCC.I. The Kier molecular flexibility index (Phi) is 11.6. The summed E-state index contributed by atoms with van der Waals surface area (Å²) >= 11 is 0. The number of guanidine groups is 1. The molecule has 23 heavy (non-hydrogen) atoms. The van der Waals surface area contributed by atoms with Gasteiger partial charge >= 0.3 is 0 Å². The molecule has 1 aromatic rings. The number of methoxy groups -OCH3 is 2. The first-order valence-electron chi connectivity index (χ1n) is 7.58. The molecule has 0 heterocycles. The first kappa shape index (κ1) is 21.8. The van der Waals surface area contributed by atoms with Gasteiger partial charge in [-0.05, 0) is 31.5 Å². The second kappa shape index (κ2) is 12.2. The number of aliphatic hydroxyl groups is 1. The first-order valence-corrected chi connectivity index (χ1v) is 7.58. The van der Waals surface area contributed by atoms with Crippen LogP contribution in [0, 0.1) is 0 Å². The van der Waals surface area contributed by atoms with Gasteiger partial charge in [-0.1, -0.05) is 6.92 Å². The summed E-state index contributed by atoms with van der Waals surface area (Å²) in [6, 6.07) is 5.35. The summed E-state index contributed by atoms with van der Waals surface area (Å²) in [5.41, 5.74) is 0.664. The lowest BCUT2D eigenvalue weighted by atomic mass is 10.1. The fourth-order valence-corrected chi connectivity index (χ4v) is 1.96. The van der Waals surface area contributed by atoms with E-state index in [-0.39, 0.29) is 30.5 Å². The standard InChI is InChI=1S/C16H27N3O3.HI/c1-5-9-18-16(17-6-2)19-11-14(20)13-10-12(21-3)7-8-15(13)22-4;/h7-8,10,14,20H,5-6,9,11H2,1-4H3,(H2,17,18,19);1H. The van der Waals surface area contributed by atoms with E-state index in [1.54, 1.807) is 32.4 Å². The van der Waals surface area contributed by atoms with Gasteiger partial charge in [0.1, 0.15) is 17.6 Å². The van der Waals surface area contributed by atoms with E-state index in [0.717, 1.165) is 19.5 Å². The molecule has 0 saturated heterocycles. The van der Waals surface area contributed by atoms with Crippen LogP contribution < -0.4 is 20.1 Å². The van der Waals surface area contributed by atoms with Gasteiger partial charge in [-0.3, -0.25) is 4.99 Å². The summed E-state index contributed by atoms with van der Waals surface area (Å²) in [6.07, 6.45) is 0.249. The zero-order chi connectivity index (χ0) is 16.4. The number of aliphatic hydroxyl groups excluding tert-OH is 1. The highest BCUT2D eigenvalue weighted by Crippen LogP contribution is 2.29. The molecule has 132 valence electrons. The van der Waals surface area contributed by atoms with Crippen LogP contribution in [0.15, 0.2) is 23.2 Å². The van der Waals surface area contributed by atoms with E-state index >= 15 is 0 Å². The predicted octanol–water partition coefficient (Wildman–Crippen LogP) is 2.32. The van der Waals surface area contributed by atoms with E-state index in [4.69, 9.17) is 9.47 Å². The third kappa shape index (κ3) is 7.26. The van der Waals surface area contributed by atoms with Crippen LogP contribution in [-0.2, 0) is 0 Å². The number of nitrogens with zero attached hydrogens (tertiary/aromatic N) is 1. The highest BCUT2D eigenvalue weighted by molar-refractivity contribution is 14.0. The summed E-state index contributed by atoms with van der Waals surface area (Å²) in [4.78, 5) is 4.41. The van der Waals surface area contributed by atoms with Gasteiger partial charge in [0.15, 0.2) is 5.96 Å². The monoisotopic (exact) mass is 437 g/mol. The van der Waals surface area contributed by atoms with Gasteiger partial charge in [0, 0.05) is 18.7 Å². The molecule has 0 bridgehead atoms. The minimum absolute atomic E-state index is 0. The average molecular weight is 437 g/mol. The van der Waals surface area contributed by atoms with Crippen LogP contribution in [0.25, 0.3) is 0 Å². The third-order valence-electron chi connectivity index (χ3n) is 3.10. The topological polar surface area (TPSA) is 75.1 Å². The van der Waals surface area contributed by atoms with E-state index in [0.29, 0.717) is 23.0 Å². The maximum absolute atomic E-state index is 10.4. The van der Waals surface area contributed by atoms with Crippen LogP contribution in [0.4, 0.5) is 0 Å². The molecule has 1 aromatic carbocycles. The molecule has 7 heteroatoms.